The van der Waals surface area contributed by atoms with E-state index in [-0.39, 0.29) is 6.61 Å². The van der Waals surface area contributed by atoms with Gasteiger partial charge in [0, 0.05) is 11.4 Å². The van der Waals surface area contributed by atoms with Crippen LogP contribution >= 0.6 is 11.8 Å². The van der Waals surface area contributed by atoms with E-state index >= 15 is 0 Å². The number of aliphatic hydroxyl groups excluding tert-OH is 1. The normalized spacial score (nSPS) is 12.1. The lowest BCUT2D eigenvalue weighted by molar-refractivity contribution is 0.126. The largest absolute Gasteiger partial charge is 0.491 e. The third-order valence-electron chi connectivity index (χ3n) is 3.73. The first-order chi connectivity index (χ1) is 12.3. The molecule has 1 aromatic heterocycles. The molecule has 0 spiro atoms. The zero-order valence-electron chi connectivity index (χ0n) is 14.1. The Hall–Kier alpha value is -2.31. The second-order valence-corrected chi connectivity index (χ2v) is 6.58. The van der Waals surface area contributed by atoms with E-state index in [1.165, 1.54) is 17.3 Å². The summed E-state index contributed by atoms with van der Waals surface area (Å²) in [5.41, 5.74) is 2.26. The highest BCUT2D eigenvalue weighted by Gasteiger charge is 2.11. The zero-order valence-corrected chi connectivity index (χ0v) is 14.9. The van der Waals surface area contributed by atoms with Crippen LogP contribution in [0.1, 0.15) is 12.5 Å². The number of benzene rings is 2. The van der Waals surface area contributed by atoms with Crippen LogP contribution in [0.15, 0.2) is 66.1 Å². The van der Waals surface area contributed by atoms with Crippen molar-refractivity contribution in [3.63, 3.8) is 0 Å². The van der Waals surface area contributed by atoms with Crippen LogP contribution in [-0.2, 0) is 6.42 Å². The van der Waals surface area contributed by atoms with Gasteiger partial charge in [0.25, 0.3) is 0 Å². The van der Waals surface area contributed by atoms with Crippen LogP contribution in [0, 0.1) is 0 Å². The van der Waals surface area contributed by atoms with Crippen LogP contribution in [0.3, 0.4) is 0 Å². The minimum Gasteiger partial charge on any atom is -0.491 e. The van der Waals surface area contributed by atoms with E-state index < -0.39 is 6.10 Å². The molecule has 1 heterocycles. The quantitative estimate of drug-likeness (QED) is 0.628. The summed E-state index contributed by atoms with van der Waals surface area (Å²) in [4.78, 5) is 0. The summed E-state index contributed by atoms with van der Waals surface area (Å²) in [6.45, 7) is 2.36. The molecule has 130 valence electrons. The maximum atomic E-state index is 10.2. The molecule has 5 nitrogen and oxygen atoms in total. The number of para-hydroxylation sites is 1. The van der Waals surface area contributed by atoms with Crippen LogP contribution in [0.25, 0.3) is 5.69 Å². The Labute approximate surface area is 151 Å². The van der Waals surface area contributed by atoms with Crippen molar-refractivity contribution in [2.45, 2.75) is 24.6 Å². The molecule has 0 saturated carbocycles. The van der Waals surface area contributed by atoms with Crippen molar-refractivity contribution < 1.29 is 9.84 Å². The Morgan fingerprint density at radius 3 is 2.60 bits per heavy atom. The number of aryl methyl sites for hydroxylation is 1. The first-order valence-corrected chi connectivity index (χ1v) is 9.23. The molecule has 1 atom stereocenters. The second-order valence-electron chi connectivity index (χ2n) is 5.59. The number of thioether (sulfide) groups is 1. The molecular weight excluding hydrogens is 334 g/mol. The van der Waals surface area contributed by atoms with E-state index in [1.807, 2.05) is 59.2 Å². The number of aromatic nitrogens is 3. The number of aliphatic hydroxyl groups is 1. The van der Waals surface area contributed by atoms with Crippen molar-refractivity contribution in [2.24, 2.45) is 0 Å². The minimum atomic E-state index is -0.586. The number of hydrogen-bond donors (Lipinski definition) is 1. The lowest BCUT2D eigenvalue weighted by Gasteiger charge is -2.12. The SMILES string of the molecule is CCc1ccc(OCC(O)CSc2nncn2-c2ccccc2)cc1. The maximum Gasteiger partial charge on any atom is 0.195 e. The molecule has 3 rings (SSSR count). The van der Waals surface area contributed by atoms with Gasteiger partial charge in [-0.2, -0.15) is 0 Å². The van der Waals surface area contributed by atoms with Crippen LogP contribution < -0.4 is 4.74 Å². The predicted octanol–water partition coefficient (Wildman–Crippen LogP) is 3.36. The Balaban J connectivity index is 1.51. The van der Waals surface area contributed by atoms with Gasteiger partial charge < -0.3 is 9.84 Å². The molecule has 0 bridgehead atoms. The number of nitrogens with zero attached hydrogens (tertiary/aromatic N) is 3. The lowest BCUT2D eigenvalue weighted by atomic mass is 10.2. The van der Waals surface area contributed by atoms with E-state index in [0.717, 1.165) is 23.0 Å². The fraction of sp³-hybridized carbons (Fsp3) is 0.263. The van der Waals surface area contributed by atoms with E-state index in [4.69, 9.17) is 4.74 Å². The van der Waals surface area contributed by atoms with Gasteiger partial charge in [-0.15, -0.1) is 10.2 Å². The van der Waals surface area contributed by atoms with E-state index in [2.05, 4.69) is 17.1 Å². The topological polar surface area (TPSA) is 60.2 Å². The zero-order chi connectivity index (χ0) is 17.5. The molecule has 6 heteroatoms. The van der Waals surface area contributed by atoms with Crippen molar-refractivity contribution in [1.29, 1.82) is 0 Å². The third kappa shape index (κ3) is 4.84. The van der Waals surface area contributed by atoms with Gasteiger partial charge in [-0.1, -0.05) is 49.0 Å². The predicted molar refractivity (Wildman–Crippen MR) is 99.4 cm³/mol. The van der Waals surface area contributed by atoms with Gasteiger partial charge in [-0.05, 0) is 36.2 Å². The highest BCUT2D eigenvalue weighted by Crippen LogP contribution is 2.20. The maximum absolute atomic E-state index is 10.2. The molecule has 0 aliphatic heterocycles. The molecule has 25 heavy (non-hydrogen) atoms. The first kappa shape index (κ1) is 17.5. The van der Waals surface area contributed by atoms with Crippen molar-refractivity contribution in [2.75, 3.05) is 12.4 Å². The number of ether oxygens (including phenoxy) is 1. The molecular formula is C19H21N3O2S. The molecule has 1 unspecified atom stereocenters. The minimum absolute atomic E-state index is 0.248. The fourth-order valence-corrected chi connectivity index (χ4v) is 3.16. The summed E-state index contributed by atoms with van der Waals surface area (Å²) in [5, 5.41) is 19.0. The van der Waals surface area contributed by atoms with Gasteiger partial charge in [0.15, 0.2) is 5.16 Å². The summed E-state index contributed by atoms with van der Waals surface area (Å²) < 4.78 is 7.55. The van der Waals surface area contributed by atoms with Gasteiger partial charge in [0.1, 0.15) is 18.7 Å². The average Bonchev–Trinajstić information content (AvgIpc) is 3.14. The first-order valence-electron chi connectivity index (χ1n) is 8.24. The molecule has 0 aliphatic carbocycles. The Morgan fingerprint density at radius 1 is 1.12 bits per heavy atom. The van der Waals surface area contributed by atoms with Crippen LogP contribution in [0.5, 0.6) is 5.75 Å². The molecule has 0 aliphatic rings. The van der Waals surface area contributed by atoms with Gasteiger partial charge >= 0.3 is 0 Å². The molecule has 0 amide bonds. The van der Waals surface area contributed by atoms with Crippen molar-refractivity contribution in [3.8, 4) is 11.4 Å². The van der Waals surface area contributed by atoms with E-state index in [0.29, 0.717) is 5.75 Å². The van der Waals surface area contributed by atoms with Gasteiger partial charge in [0.2, 0.25) is 0 Å². The molecule has 2 aromatic carbocycles. The van der Waals surface area contributed by atoms with Gasteiger partial charge in [-0.3, -0.25) is 4.57 Å². The summed E-state index contributed by atoms with van der Waals surface area (Å²) in [6.07, 6.45) is 2.09. The van der Waals surface area contributed by atoms with Gasteiger partial charge in [-0.25, -0.2) is 0 Å². The fourth-order valence-electron chi connectivity index (χ4n) is 2.32. The molecule has 1 N–H and O–H groups in total. The molecule has 0 radical (unpaired) electrons. The second kappa shape index (κ2) is 8.69. The Morgan fingerprint density at radius 2 is 1.88 bits per heavy atom. The summed E-state index contributed by atoms with van der Waals surface area (Å²) in [7, 11) is 0. The van der Waals surface area contributed by atoms with Crippen molar-refractivity contribution in [1.82, 2.24) is 14.8 Å². The lowest BCUT2D eigenvalue weighted by Crippen LogP contribution is -2.20. The standard InChI is InChI=1S/C19H21N3O2S/c1-2-15-8-10-18(11-9-15)24-12-17(23)13-25-19-21-20-14-22(19)16-6-4-3-5-7-16/h3-11,14,17,23H,2,12-13H2,1H3. The summed E-state index contributed by atoms with van der Waals surface area (Å²) in [5.74, 6) is 1.26. The van der Waals surface area contributed by atoms with Crippen LogP contribution in [-0.4, -0.2) is 38.3 Å². The Kier molecular flexibility index (Phi) is 6.09. The molecule has 3 aromatic rings. The van der Waals surface area contributed by atoms with Crippen LogP contribution in [0.2, 0.25) is 0 Å². The van der Waals surface area contributed by atoms with Gasteiger partial charge in [0.05, 0.1) is 6.10 Å². The number of rotatable bonds is 8. The highest BCUT2D eigenvalue weighted by molar-refractivity contribution is 7.99. The van der Waals surface area contributed by atoms with Crippen LogP contribution in [0.4, 0.5) is 0 Å². The van der Waals surface area contributed by atoms with E-state index in [9.17, 15) is 5.11 Å². The molecule has 0 fully saturated rings. The van der Waals surface area contributed by atoms with Crippen molar-refractivity contribution in [3.05, 3.63) is 66.5 Å². The Bertz CT molecular complexity index is 775. The monoisotopic (exact) mass is 355 g/mol. The third-order valence-corrected chi connectivity index (χ3v) is 4.82. The smallest absolute Gasteiger partial charge is 0.195 e. The summed E-state index contributed by atoms with van der Waals surface area (Å²) in [6, 6.07) is 17.8. The highest BCUT2D eigenvalue weighted by atomic mass is 32.2. The summed E-state index contributed by atoms with van der Waals surface area (Å²) >= 11 is 1.46. The average molecular weight is 355 g/mol. The molecule has 0 saturated heterocycles. The number of hydrogen-bond acceptors (Lipinski definition) is 5. The van der Waals surface area contributed by atoms with E-state index in [1.54, 1.807) is 6.33 Å². The van der Waals surface area contributed by atoms with Crippen molar-refractivity contribution >= 4 is 11.8 Å².